The molecule has 2 aromatic carbocycles. The maximum Gasteiger partial charge on any atom is 0.310 e. The van der Waals surface area contributed by atoms with Crippen LogP contribution in [0.15, 0.2) is 47.4 Å². The summed E-state index contributed by atoms with van der Waals surface area (Å²) in [5, 5.41) is 3.79. The summed E-state index contributed by atoms with van der Waals surface area (Å²) < 4.78 is 33.5. The van der Waals surface area contributed by atoms with E-state index in [1.165, 1.54) is 28.6 Å². The van der Waals surface area contributed by atoms with Crippen LogP contribution < -0.4 is 5.32 Å². The average Bonchev–Trinajstić information content (AvgIpc) is 3.18. The minimum atomic E-state index is -3.78. The van der Waals surface area contributed by atoms with E-state index in [1.807, 2.05) is 19.1 Å². The lowest BCUT2D eigenvalue weighted by Gasteiger charge is -2.30. The highest BCUT2D eigenvalue weighted by atomic mass is 32.2. The topological polar surface area (TPSA) is 106 Å². The van der Waals surface area contributed by atoms with Crippen molar-refractivity contribution in [3.8, 4) is 0 Å². The fourth-order valence-electron chi connectivity index (χ4n) is 3.86. The summed E-state index contributed by atoms with van der Waals surface area (Å²) in [4.78, 5) is 29.2. The number of hydrogen-bond acceptors (Lipinski definition) is 7. The number of carbonyl (C=O) groups excluding carboxylic acids is 2. The van der Waals surface area contributed by atoms with E-state index in [-0.39, 0.29) is 29.9 Å². The van der Waals surface area contributed by atoms with Crippen LogP contribution >= 0.6 is 11.3 Å². The number of fused-ring (bicyclic) bond motifs is 1. The largest absolute Gasteiger partial charge is 0.466 e. The van der Waals surface area contributed by atoms with Crippen molar-refractivity contribution in [1.82, 2.24) is 9.29 Å². The molecule has 8 nitrogen and oxygen atoms in total. The van der Waals surface area contributed by atoms with Crippen LogP contribution in [0.3, 0.4) is 0 Å². The number of amides is 1. The number of piperidine rings is 1. The molecule has 0 aliphatic carbocycles. The fraction of sp³-hybridized carbons (Fsp3) is 0.348. The summed E-state index contributed by atoms with van der Waals surface area (Å²) >= 11 is 1.55. The van der Waals surface area contributed by atoms with Crippen LogP contribution in [-0.2, 0) is 19.6 Å². The number of nitrogens with one attached hydrogen (secondary N) is 1. The summed E-state index contributed by atoms with van der Waals surface area (Å²) in [7, 11) is -3.78. The molecule has 0 saturated carbocycles. The summed E-state index contributed by atoms with van der Waals surface area (Å²) in [5.41, 5.74) is 1.87. The number of esters is 1. The minimum Gasteiger partial charge on any atom is -0.466 e. The van der Waals surface area contributed by atoms with E-state index >= 15 is 0 Å². The summed E-state index contributed by atoms with van der Waals surface area (Å²) in [6.07, 6.45) is 1.20. The lowest BCUT2D eigenvalue weighted by atomic mass is 10.0. The highest BCUT2D eigenvalue weighted by Gasteiger charge is 2.34. The van der Waals surface area contributed by atoms with Gasteiger partial charge in [0.15, 0.2) is 0 Å². The van der Waals surface area contributed by atoms with Gasteiger partial charge in [0.05, 0.1) is 32.6 Å². The molecule has 174 valence electrons. The second kappa shape index (κ2) is 9.58. The summed E-state index contributed by atoms with van der Waals surface area (Å²) in [6, 6.07) is 11.3. The van der Waals surface area contributed by atoms with Crippen molar-refractivity contribution in [1.29, 1.82) is 0 Å². The molecule has 1 fully saturated rings. The van der Waals surface area contributed by atoms with Crippen molar-refractivity contribution in [3.05, 3.63) is 53.0 Å². The highest BCUT2D eigenvalue weighted by molar-refractivity contribution is 7.89. The summed E-state index contributed by atoms with van der Waals surface area (Å²) in [6.45, 7) is 4.37. The summed E-state index contributed by atoms with van der Waals surface area (Å²) in [5.74, 6) is -1.16. The minimum absolute atomic E-state index is 0.0881. The Bertz CT molecular complexity index is 1290. The van der Waals surface area contributed by atoms with Gasteiger partial charge in [-0.2, -0.15) is 4.31 Å². The standard InChI is InChI=1S/C23H25N3O5S2/c1-3-31-23(28)17-5-4-12-26(14-17)33(29,30)19-9-6-16(7-10-19)22(27)25-18-8-11-20-21(13-18)32-15(2)24-20/h6-11,13,17H,3-5,12,14H2,1-2H3,(H,25,27). The van der Waals surface area contributed by atoms with Crippen LogP contribution in [0.5, 0.6) is 0 Å². The van der Waals surface area contributed by atoms with E-state index < -0.39 is 15.9 Å². The molecule has 1 atom stereocenters. The number of carbonyl (C=O) groups is 2. The molecule has 2 heterocycles. The lowest BCUT2D eigenvalue weighted by Crippen LogP contribution is -2.42. The molecule has 1 aromatic heterocycles. The molecule has 1 amide bonds. The second-order valence-electron chi connectivity index (χ2n) is 7.85. The van der Waals surface area contributed by atoms with Crippen LogP contribution in [0.4, 0.5) is 5.69 Å². The van der Waals surface area contributed by atoms with Crippen molar-refractivity contribution >= 4 is 49.1 Å². The van der Waals surface area contributed by atoms with E-state index in [0.29, 0.717) is 30.6 Å². The van der Waals surface area contributed by atoms with Gasteiger partial charge in [-0.25, -0.2) is 13.4 Å². The number of anilines is 1. The Morgan fingerprint density at radius 1 is 1.21 bits per heavy atom. The molecule has 1 aliphatic rings. The zero-order chi connectivity index (χ0) is 23.6. The number of ether oxygens (including phenoxy) is 1. The Morgan fingerprint density at radius 3 is 2.70 bits per heavy atom. The number of thiazole rings is 1. The lowest BCUT2D eigenvalue weighted by molar-refractivity contribution is -0.149. The predicted molar refractivity (Wildman–Crippen MR) is 127 cm³/mol. The van der Waals surface area contributed by atoms with Crippen LogP contribution in [0.2, 0.25) is 0 Å². The van der Waals surface area contributed by atoms with E-state index in [0.717, 1.165) is 15.2 Å². The molecule has 1 N–H and O–H groups in total. The quantitative estimate of drug-likeness (QED) is 0.530. The third kappa shape index (κ3) is 5.07. The first kappa shape index (κ1) is 23.3. The van der Waals surface area contributed by atoms with E-state index in [4.69, 9.17) is 4.74 Å². The number of benzene rings is 2. The first-order valence-electron chi connectivity index (χ1n) is 10.7. The van der Waals surface area contributed by atoms with Gasteiger partial charge in [0.2, 0.25) is 10.0 Å². The highest BCUT2D eigenvalue weighted by Crippen LogP contribution is 2.26. The monoisotopic (exact) mass is 487 g/mol. The van der Waals surface area contributed by atoms with Crippen molar-refractivity contribution in [3.63, 3.8) is 0 Å². The molecule has 0 radical (unpaired) electrons. The van der Waals surface area contributed by atoms with Crippen LogP contribution in [0.1, 0.15) is 35.1 Å². The molecule has 1 unspecified atom stereocenters. The van der Waals surface area contributed by atoms with Crippen molar-refractivity contribution in [2.45, 2.75) is 31.6 Å². The molecule has 1 saturated heterocycles. The number of nitrogens with zero attached hydrogens (tertiary/aromatic N) is 2. The number of hydrogen-bond donors (Lipinski definition) is 1. The van der Waals surface area contributed by atoms with Crippen molar-refractivity contribution in [2.24, 2.45) is 5.92 Å². The zero-order valence-electron chi connectivity index (χ0n) is 18.4. The predicted octanol–water partition coefficient (Wildman–Crippen LogP) is 3.82. The molecule has 0 spiro atoms. The fourth-order valence-corrected chi connectivity index (χ4v) is 6.25. The van der Waals surface area contributed by atoms with Gasteiger partial charge in [-0.1, -0.05) is 0 Å². The molecule has 4 rings (SSSR count). The maximum absolute atomic E-state index is 13.1. The number of aromatic nitrogens is 1. The van der Waals surface area contributed by atoms with Gasteiger partial charge in [0, 0.05) is 24.3 Å². The molecular weight excluding hydrogens is 462 g/mol. The normalized spacial score (nSPS) is 17.1. The smallest absolute Gasteiger partial charge is 0.310 e. The van der Waals surface area contributed by atoms with E-state index in [1.54, 1.807) is 24.3 Å². The molecule has 33 heavy (non-hydrogen) atoms. The first-order valence-corrected chi connectivity index (χ1v) is 13.0. The van der Waals surface area contributed by atoms with Crippen molar-refractivity contribution < 1.29 is 22.7 Å². The van der Waals surface area contributed by atoms with Crippen molar-refractivity contribution in [2.75, 3.05) is 25.0 Å². The Balaban J connectivity index is 1.46. The molecule has 3 aromatic rings. The third-order valence-corrected chi connectivity index (χ3v) is 8.32. The van der Waals surface area contributed by atoms with Gasteiger partial charge in [0.25, 0.3) is 5.91 Å². The Kier molecular flexibility index (Phi) is 6.78. The SMILES string of the molecule is CCOC(=O)C1CCCN(S(=O)(=O)c2ccc(C(=O)Nc3ccc4nc(C)sc4c3)cc2)C1. The number of rotatable bonds is 6. The third-order valence-electron chi connectivity index (χ3n) is 5.51. The van der Waals surface area contributed by atoms with Gasteiger partial charge >= 0.3 is 5.97 Å². The van der Waals surface area contributed by atoms with E-state index in [9.17, 15) is 18.0 Å². The van der Waals surface area contributed by atoms with Gasteiger partial charge in [-0.05, 0) is 69.2 Å². The first-order chi connectivity index (χ1) is 15.8. The van der Waals surface area contributed by atoms with Crippen LogP contribution in [0.25, 0.3) is 10.2 Å². The molecule has 0 bridgehead atoms. The maximum atomic E-state index is 13.1. The number of sulfonamides is 1. The van der Waals surface area contributed by atoms with Gasteiger partial charge in [-0.15, -0.1) is 11.3 Å². The van der Waals surface area contributed by atoms with Gasteiger partial charge in [-0.3, -0.25) is 9.59 Å². The molecule has 1 aliphatic heterocycles. The van der Waals surface area contributed by atoms with Gasteiger partial charge < -0.3 is 10.1 Å². The molecule has 10 heteroatoms. The Labute approximate surface area is 196 Å². The van der Waals surface area contributed by atoms with Crippen LogP contribution in [0, 0.1) is 12.8 Å². The van der Waals surface area contributed by atoms with Crippen LogP contribution in [-0.4, -0.2) is 49.3 Å². The number of aryl methyl sites for hydroxylation is 1. The average molecular weight is 488 g/mol. The Hall–Kier alpha value is -2.82. The zero-order valence-corrected chi connectivity index (χ0v) is 20.0. The van der Waals surface area contributed by atoms with E-state index in [2.05, 4.69) is 10.3 Å². The second-order valence-corrected chi connectivity index (χ2v) is 11.0. The molecular formula is C23H25N3O5S2. The van der Waals surface area contributed by atoms with Gasteiger partial charge in [0.1, 0.15) is 0 Å². The Morgan fingerprint density at radius 2 is 1.97 bits per heavy atom.